The van der Waals surface area contributed by atoms with Crippen LogP contribution in [0.15, 0.2) is 128 Å². The Bertz CT molecular complexity index is 2060. The minimum Gasteiger partial charge on any atom is -0.292 e. The van der Waals surface area contributed by atoms with Gasteiger partial charge in [-0.25, -0.2) is 4.98 Å². The lowest BCUT2D eigenvalue weighted by molar-refractivity contribution is 1.04. The van der Waals surface area contributed by atoms with E-state index in [-0.39, 0.29) is 0 Å². The molecule has 0 fully saturated rings. The lowest BCUT2D eigenvalue weighted by atomic mass is 10.1. The molecule has 174 valence electrons. The second kappa shape index (κ2) is 7.67. The molecule has 0 N–H and O–H groups in total. The van der Waals surface area contributed by atoms with Gasteiger partial charge in [0.1, 0.15) is 11.3 Å². The van der Waals surface area contributed by atoms with E-state index in [1.54, 1.807) is 0 Å². The van der Waals surface area contributed by atoms with Crippen molar-refractivity contribution >= 4 is 38.9 Å². The lowest BCUT2D eigenvalue weighted by Crippen LogP contribution is -1.99. The van der Waals surface area contributed by atoms with Crippen molar-refractivity contribution in [2.45, 2.75) is 0 Å². The van der Waals surface area contributed by atoms with Crippen LogP contribution in [-0.2, 0) is 0 Å². The van der Waals surface area contributed by atoms with Gasteiger partial charge in [-0.15, -0.1) is 0 Å². The van der Waals surface area contributed by atoms with E-state index in [0.29, 0.717) is 0 Å². The number of fused-ring (bicyclic) bond motifs is 7. The Kier molecular flexibility index (Phi) is 4.16. The topological polar surface area (TPSA) is 40.0 Å². The third-order valence-corrected chi connectivity index (χ3v) is 7.12. The van der Waals surface area contributed by atoms with E-state index in [9.17, 15) is 0 Å². The summed E-state index contributed by atoms with van der Waals surface area (Å²) in [6.07, 6.45) is 1.94. The molecule has 5 heteroatoms. The zero-order valence-corrected chi connectivity index (χ0v) is 19.9. The molecule has 0 unspecified atom stereocenters. The van der Waals surface area contributed by atoms with Crippen LogP contribution in [0, 0.1) is 0 Å². The zero-order chi connectivity index (χ0) is 24.3. The van der Waals surface area contributed by atoms with Crippen LogP contribution in [0.5, 0.6) is 0 Å². The van der Waals surface area contributed by atoms with Crippen molar-refractivity contribution in [3.63, 3.8) is 0 Å². The summed E-state index contributed by atoms with van der Waals surface area (Å²) in [7, 11) is 0. The second-order valence-corrected chi connectivity index (χ2v) is 9.20. The predicted octanol–water partition coefficient (Wildman–Crippen LogP) is 7.44. The molecule has 8 rings (SSSR count). The molecule has 0 radical (unpaired) electrons. The quantitative estimate of drug-likeness (QED) is 0.266. The smallest absolute Gasteiger partial charge is 0.223 e. The summed E-state index contributed by atoms with van der Waals surface area (Å²) in [5.41, 5.74) is 8.69. The summed E-state index contributed by atoms with van der Waals surface area (Å²) >= 11 is 0. The average Bonchev–Trinajstić information content (AvgIpc) is 3.59. The van der Waals surface area contributed by atoms with Gasteiger partial charge in [-0.1, -0.05) is 78.9 Å². The fraction of sp³-hybridized carbons (Fsp3) is 0. The maximum Gasteiger partial charge on any atom is 0.223 e. The van der Waals surface area contributed by atoms with Crippen molar-refractivity contribution in [2.24, 2.45) is 0 Å². The highest BCUT2D eigenvalue weighted by molar-refractivity contribution is 6.09. The van der Waals surface area contributed by atoms with Gasteiger partial charge in [0.05, 0.1) is 16.6 Å². The minimum absolute atomic E-state index is 0.842. The van der Waals surface area contributed by atoms with Gasteiger partial charge in [-0.2, -0.15) is 4.98 Å². The number of nitrogens with zero attached hydrogens (tertiary/aromatic N) is 5. The Morgan fingerprint density at radius 1 is 0.514 bits per heavy atom. The number of hydrogen-bond acceptors (Lipinski definition) is 2. The molecule has 4 heterocycles. The van der Waals surface area contributed by atoms with E-state index in [4.69, 9.17) is 9.97 Å². The molecule has 0 aliphatic carbocycles. The molecule has 0 saturated heterocycles. The van der Waals surface area contributed by atoms with E-state index in [0.717, 1.165) is 56.1 Å². The number of pyridine rings is 1. The number of hydrogen-bond donors (Lipinski definition) is 0. The highest BCUT2D eigenvalue weighted by Gasteiger charge is 2.23. The summed E-state index contributed by atoms with van der Waals surface area (Å²) in [6.45, 7) is 0. The van der Waals surface area contributed by atoms with Gasteiger partial charge >= 0.3 is 0 Å². The molecule has 4 aromatic heterocycles. The molecule has 8 aromatic rings. The molecule has 37 heavy (non-hydrogen) atoms. The monoisotopic (exact) mass is 475 g/mol. The highest BCUT2D eigenvalue weighted by atomic mass is 15.3. The first-order valence-corrected chi connectivity index (χ1v) is 12.4. The molecule has 4 aromatic carbocycles. The van der Waals surface area contributed by atoms with Crippen LogP contribution in [0.3, 0.4) is 0 Å². The van der Waals surface area contributed by atoms with Crippen LogP contribution >= 0.6 is 0 Å². The SMILES string of the molecule is c1ccc(-c2ccc(-n3c4ccccc4n4c5c6ccccc6n(-c6ccccc6)c5nc34)nc2)cc1. The number of imidazole rings is 2. The van der Waals surface area contributed by atoms with E-state index in [2.05, 4.69) is 123 Å². The Hall–Kier alpha value is -5.16. The standard InChI is InChI=1S/C32H21N5/c1-3-11-22(12-4-1)23-19-20-29(33-21-23)36-27-17-9-10-18-28(27)37-30-25-15-7-8-16-26(25)35(31(30)34-32(36)37)24-13-5-2-6-14-24/h1-21H. The summed E-state index contributed by atoms with van der Waals surface area (Å²) < 4.78 is 6.69. The molecule has 0 spiro atoms. The minimum atomic E-state index is 0.842. The third-order valence-electron chi connectivity index (χ3n) is 7.12. The van der Waals surface area contributed by atoms with Crippen molar-refractivity contribution in [3.05, 3.63) is 128 Å². The summed E-state index contributed by atoms with van der Waals surface area (Å²) in [5, 5.41) is 1.17. The van der Waals surface area contributed by atoms with Gasteiger partial charge in [-0.3, -0.25) is 13.5 Å². The van der Waals surface area contributed by atoms with Gasteiger partial charge in [0.2, 0.25) is 5.78 Å². The fourth-order valence-electron chi connectivity index (χ4n) is 5.49. The molecule has 0 amide bonds. The lowest BCUT2D eigenvalue weighted by Gasteiger charge is -2.07. The molecular formula is C32H21N5. The first-order valence-electron chi connectivity index (χ1n) is 12.4. The van der Waals surface area contributed by atoms with Crippen molar-refractivity contribution < 1.29 is 0 Å². The largest absolute Gasteiger partial charge is 0.292 e. The Morgan fingerprint density at radius 3 is 1.95 bits per heavy atom. The second-order valence-electron chi connectivity index (χ2n) is 9.20. The van der Waals surface area contributed by atoms with Crippen LogP contribution in [0.2, 0.25) is 0 Å². The van der Waals surface area contributed by atoms with Crippen LogP contribution in [0.1, 0.15) is 0 Å². The van der Waals surface area contributed by atoms with E-state index < -0.39 is 0 Å². The number of rotatable bonds is 3. The van der Waals surface area contributed by atoms with Gasteiger partial charge in [-0.05, 0) is 48.0 Å². The maximum atomic E-state index is 5.27. The van der Waals surface area contributed by atoms with Crippen LogP contribution in [0.25, 0.3) is 61.5 Å². The summed E-state index contributed by atoms with van der Waals surface area (Å²) in [5.74, 6) is 1.69. The van der Waals surface area contributed by atoms with Gasteiger partial charge in [0.25, 0.3) is 0 Å². The van der Waals surface area contributed by atoms with E-state index in [1.807, 2.05) is 18.3 Å². The third kappa shape index (κ3) is 2.85. The maximum absolute atomic E-state index is 5.27. The van der Waals surface area contributed by atoms with E-state index >= 15 is 0 Å². The van der Waals surface area contributed by atoms with Gasteiger partial charge in [0, 0.05) is 22.8 Å². The molecular weight excluding hydrogens is 454 g/mol. The molecule has 0 bridgehead atoms. The number of aromatic nitrogens is 5. The molecule has 0 aliphatic rings. The summed E-state index contributed by atoms with van der Waals surface area (Å²) in [4.78, 5) is 10.2. The predicted molar refractivity (Wildman–Crippen MR) is 150 cm³/mol. The highest BCUT2D eigenvalue weighted by Crippen LogP contribution is 2.36. The van der Waals surface area contributed by atoms with Gasteiger partial charge < -0.3 is 0 Å². The van der Waals surface area contributed by atoms with Crippen LogP contribution in [-0.4, -0.2) is 23.5 Å². The summed E-state index contributed by atoms with van der Waals surface area (Å²) in [6, 6.07) is 42.0. The molecule has 5 nitrogen and oxygen atoms in total. The molecule has 0 atom stereocenters. The Morgan fingerprint density at radius 2 is 1.19 bits per heavy atom. The first-order chi connectivity index (χ1) is 18.4. The van der Waals surface area contributed by atoms with Crippen LogP contribution < -0.4 is 0 Å². The van der Waals surface area contributed by atoms with E-state index in [1.165, 1.54) is 5.39 Å². The van der Waals surface area contributed by atoms with Crippen molar-refractivity contribution in [1.82, 2.24) is 23.5 Å². The normalized spacial score (nSPS) is 11.8. The zero-order valence-electron chi connectivity index (χ0n) is 19.9. The number of benzene rings is 4. The Balaban J connectivity index is 1.46. The van der Waals surface area contributed by atoms with Gasteiger partial charge in [0.15, 0.2) is 5.65 Å². The average molecular weight is 476 g/mol. The molecule has 0 aliphatic heterocycles. The van der Waals surface area contributed by atoms with Crippen molar-refractivity contribution in [3.8, 4) is 22.6 Å². The first kappa shape index (κ1) is 20.1. The fourth-order valence-corrected chi connectivity index (χ4v) is 5.49. The van der Waals surface area contributed by atoms with Crippen LogP contribution in [0.4, 0.5) is 0 Å². The number of para-hydroxylation sites is 4. The Labute approximate surface area is 212 Å². The van der Waals surface area contributed by atoms with Crippen molar-refractivity contribution in [2.75, 3.05) is 0 Å². The van der Waals surface area contributed by atoms with Crippen molar-refractivity contribution in [1.29, 1.82) is 0 Å². The molecule has 0 saturated carbocycles.